The monoisotopic (exact) mass is 191 g/mol. The van der Waals surface area contributed by atoms with Crippen LogP contribution in [0.15, 0.2) is 30.3 Å². The Hall–Kier alpha value is -1.35. The van der Waals surface area contributed by atoms with Crippen molar-refractivity contribution in [3.8, 4) is 0 Å². The lowest BCUT2D eigenvalue weighted by Crippen LogP contribution is -2.30. The molecule has 1 saturated heterocycles. The normalized spacial score (nSPS) is 26.5. The van der Waals surface area contributed by atoms with E-state index in [4.69, 9.17) is 0 Å². The van der Waals surface area contributed by atoms with Crippen LogP contribution in [0.5, 0.6) is 0 Å². The van der Waals surface area contributed by atoms with E-state index >= 15 is 0 Å². The molecule has 1 aromatic rings. The topological polar surface area (TPSA) is 40.5 Å². The molecule has 0 radical (unpaired) electrons. The largest absolute Gasteiger partial charge is 0.383 e. The summed E-state index contributed by atoms with van der Waals surface area (Å²) in [6.07, 6.45) is 1.41. The first kappa shape index (κ1) is 9.21. The standard InChI is InChI=1S/C11H13NO2/c13-9-12-7-6-11(14,8-12)10-4-2-1-3-5-10/h1-5,9,14H,6-8H2. The number of nitrogens with zero attached hydrogens (tertiary/aromatic N) is 1. The Morgan fingerprint density at radius 3 is 2.64 bits per heavy atom. The highest BCUT2D eigenvalue weighted by atomic mass is 16.3. The number of hydrogen-bond donors (Lipinski definition) is 1. The van der Waals surface area contributed by atoms with E-state index in [1.54, 1.807) is 4.90 Å². The van der Waals surface area contributed by atoms with Gasteiger partial charge in [0.05, 0.1) is 6.54 Å². The Labute approximate surface area is 83.0 Å². The summed E-state index contributed by atoms with van der Waals surface area (Å²) in [4.78, 5) is 12.1. The van der Waals surface area contributed by atoms with Crippen LogP contribution in [0.2, 0.25) is 0 Å². The van der Waals surface area contributed by atoms with Crippen molar-refractivity contribution in [3.63, 3.8) is 0 Å². The van der Waals surface area contributed by atoms with Gasteiger partial charge in [-0.1, -0.05) is 30.3 Å². The summed E-state index contributed by atoms with van der Waals surface area (Å²) in [7, 11) is 0. The third kappa shape index (κ3) is 1.51. The van der Waals surface area contributed by atoms with Crippen molar-refractivity contribution in [1.29, 1.82) is 0 Å². The van der Waals surface area contributed by atoms with Crippen molar-refractivity contribution in [2.75, 3.05) is 13.1 Å². The summed E-state index contributed by atoms with van der Waals surface area (Å²) in [6.45, 7) is 1.04. The van der Waals surface area contributed by atoms with Gasteiger partial charge in [0.15, 0.2) is 0 Å². The van der Waals surface area contributed by atoms with Gasteiger partial charge in [0, 0.05) is 6.54 Å². The number of carbonyl (C=O) groups is 1. The van der Waals surface area contributed by atoms with Gasteiger partial charge in [-0.2, -0.15) is 0 Å². The second-order valence-electron chi connectivity index (χ2n) is 3.72. The first-order chi connectivity index (χ1) is 6.74. The summed E-state index contributed by atoms with van der Waals surface area (Å²) in [5, 5.41) is 10.3. The molecule has 14 heavy (non-hydrogen) atoms. The number of hydrogen-bond acceptors (Lipinski definition) is 2. The molecule has 1 aliphatic rings. The zero-order chi connectivity index (χ0) is 10.0. The fourth-order valence-corrected chi connectivity index (χ4v) is 1.90. The number of rotatable bonds is 2. The molecule has 1 aliphatic heterocycles. The lowest BCUT2D eigenvalue weighted by molar-refractivity contribution is -0.118. The molecule has 1 fully saturated rings. The van der Waals surface area contributed by atoms with Gasteiger partial charge in [-0.25, -0.2) is 0 Å². The maximum Gasteiger partial charge on any atom is 0.209 e. The van der Waals surface area contributed by atoms with Crippen LogP contribution in [0.1, 0.15) is 12.0 Å². The molecular formula is C11H13NO2. The van der Waals surface area contributed by atoms with Gasteiger partial charge in [0.2, 0.25) is 6.41 Å². The van der Waals surface area contributed by atoms with Crippen LogP contribution in [0.4, 0.5) is 0 Å². The Kier molecular flexibility index (Phi) is 2.25. The number of amides is 1. The van der Waals surface area contributed by atoms with Crippen molar-refractivity contribution < 1.29 is 9.90 Å². The highest BCUT2D eigenvalue weighted by Gasteiger charge is 2.36. The van der Waals surface area contributed by atoms with E-state index in [0.29, 0.717) is 19.5 Å². The Balaban J connectivity index is 2.22. The van der Waals surface area contributed by atoms with Crippen molar-refractivity contribution in [2.45, 2.75) is 12.0 Å². The molecule has 0 aromatic heterocycles. The van der Waals surface area contributed by atoms with E-state index in [0.717, 1.165) is 12.0 Å². The molecule has 1 amide bonds. The zero-order valence-electron chi connectivity index (χ0n) is 7.89. The van der Waals surface area contributed by atoms with Crippen molar-refractivity contribution in [1.82, 2.24) is 4.90 Å². The number of β-amino-alcohol motifs (C(OH)–C–C–N with tert-alkyl or cyclic N) is 1. The minimum absolute atomic E-state index is 0.403. The molecule has 74 valence electrons. The van der Waals surface area contributed by atoms with E-state index in [2.05, 4.69) is 0 Å². The Morgan fingerprint density at radius 1 is 1.36 bits per heavy atom. The molecule has 1 N–H and O–H groups in total. The highest BCUT2D eigenvalue weighted by Crippen LogP contribution is 2.30. The van der Waals surface area contributed by atoms with E-state index in [9.17, 15) is 9.90 Å². The van der Waals surface area contributed by atoms with Crippen LogP contribution in [0.25, 0.3) is 0 Å². The molecule has 0 aliphatic carbocycles. The van der Waals surface area contributed by atoms with Gasteiger partial charge >= 0.3 is 0 Å². The minimum Gasteiger partial charge on any atom is -0.383 e. The number of benzene rings is 1. The molecule has 3 nitrogen and oxygen atoms in total. The molecule has 1 heterocycles. The second kappa shape index (κ2) is 3.42. The maximum atomic E-state index is 10.5. The van der Waals surface area contributed by atoms with Gasteiger partial charge in [-0.3, -0.25) is 4.79 Å². The molecule has 0 saturated carbocycles. The summed E-state index contributed by atoms with van der Waals surface area (Å²) in [5.74, 6) is 0. The predicted octanol–water partition coefficient (Wildman–Crippen LogP) is 0.736. The van der Waals surface area contributed by atoms with Gasteiger partial charge in [0.25, 0.3) is 0 Å². The maximum absolute atomic E-state index is 10.5. The summed E-state index contributed by atoms with van der Waals surface area (Å²) in [5.41, 5.74) is 0.0478. The third-order valence-corrected chi connectivity index (χ3v) is 2.74. The van der Waals surface area contributed by atoms with Gasteiger partial charge in [0.1, 0.15) is 5.60 Å². The lowest BCUT2D eigenvalue weighted by Gasteiger charge is -2.22. The molecule has 0 spiro atoms. The Morgan fingerprint density at radius 2 is 2.07 bits per heavy atom. The number of carbonyl (C=O) groups excluding carboxylic acids is 1. The SMILES string of the molecule is O=CN1CCC(O)(c2ccccc2)C1. The van der Waals surface area contributed by atoms with E-state index in [-0.39, 0.29) is 0 Å². The quantitative estimate of drug-likeness (QED) is 0.700. The van der Waals surface area contributed by atoms with Crippen LogP contribution in [-0.2, 0) is 10.4 Å². The van der Waals surface area contributed by atoms with E-state index in [1.165, 1.54) is 0 Å². The molecule has 1 unspecified atom stereocenters. The fraction of sp³-hybridized carbons (Fsp3) is 0.364. The van der Waals surface area contributed by atoms with Gasteiger partial charge in [-0.15, -0.1) is 0 Å². The van der Waals surface area contributed by atoms with Crippen molar-refractivity contribution >= 4 is 6.41 Å². The van der Waals surface area contributed by atoms with Crippen LogP contribution in [0.3, 0.4) is 0 Å². The average molecular weight is 191 g/mol. The summed E-state index contributed by atoms with van der Waals surface area (Å²) < 4.78 is 0. The summed E-state index contributed by atoms with van der Waals surface area (Å²) >= 11 is 0. The van der Waals surface area contributed by atoms with E-state index < -0.39 is 5.60 Å². The van der Waals surface area contributed by atoms with Crippen molar-refractivity contribution in [3.05, 3.63) is 35.9 Å². The highest BCUT2D eigenvalue weighted by molar-refractivity contribution is 5.48. The predicted molar refractivity (Wildman–Crippen MR) is 52.6 cm³/mol. The van der Waals surface area contributed by atoms with Gasteiger partial charge in [-0.05, 0) is 12.0 Å². The number of likely N-dealkylation sites (tertiary alicyclic amines) is 1. The molecule has 2 rings (SSSR count). The minimum atomic E-state index is -0.845. The fourth-order valence-electron chi connectivity index (χ4n) is 1.90. The smallest absolute Gasteiger partial charge is 0.209 e. The van der Waals surface area contributed by atoms with Crippen LogP contribution >= 0.6 is 0 Å². The third-order valence-electron chi connectivity index (χ3n) is 2.74. The van der Waals surface area contributed by atoms with Crippen LogP contribution in [-0.4, -0.2) is 29.5 Å². The average Bonchev–Trinajstić information content (AvgIpc) is 2.63. The Bertz CT molecular complexity index is 325. The molecular weight excluding hydrogens is 178 g/mol. The molecule has 1 aromatic carbocycles. The van der Waals surface area contributed by atoms with Crippen molar-refractivity contribution in [2.24, 2.45) is 0 Å². The molecule has 3 heteroatoms. The van der Waals surface area contributed by atoms with Gasteiger partial charge < -0.3 is 10.0 Å². The van der Waals surface area contributed by atoms with Crippen LogP contribution < -0.4 is 0 Å². The number of aliphatic hydroxyl groups is 1. The lowest BCUT2D eigenvalue weighted by atomic mass is 9.93. The summed E-state index contributed by atoms with van der Waals surface area (Å²) in [6, 6.07) is 9.51. The first-order valence-electron chi connectivity index (χ1n) is 4.72. The first-order valence-corrected chi connectivity index (χ1v) is 4.72. The molecule has 0 bridgehead atoms. The molecule has 1 atom stereocenters. The zero-order valence-corrected chi connectivity index (χ0v) is 7.89. The van der Waals surface area contributed by atoms with Crippen LogP contribution in [0, 0.1) is 0 Å². The van der Waals surface area contributed by atoms with E-state index in [1.807, 2.05) is 30.3 Å². The second-order valence-corrected chi connectivity index (χ2v) is 3.72.